The lowest BCUT2D eigenvalue weighted by molar-refractivity contribution is -0.138. The fraction of sp³-hybridized carbons (Fsp3) is 0.833. The van der Waals surface area contributed by atoms with Crippen LogP contribution >= 0.6 is 11.8 Å². The van der Waals surface area contributed by atoms with Crippen molar-refractivity contribution in [1.29, 1.82) is 0 Å². The highest BCUT2D eigenvalue weighted by Crippen LogP contribution is 2.20. The largest absolute Gasteiger partial charge is 0.480 e. The molecule has 2 heterocycles. The zero-order chi connectivity index (χ0) is 15.5. The molecular weight excluding hydrogens is 316 g/mol. The maximum absolute atomic E-state index is 12.6. The first-order chi connectivity index (χ1) is 9.89. The molecule has 7 nitrogen and oxygen atoms in total. The van der Waals surface area contributed by atoms with Gasteiger partial charge in [0.05, 0.1) is 11.5 Å². The summed E-state index contributed by atoms with van der Waals surface area (Å²) in [6, 6.07) is -0.864. The number of carboxylic acid groups (broad SMARTS) is 1. The second-order valence-electron chi connectivity index (χ2n) is 5.31. The number of sulfone groups is 1. The van der Waals surface area contributed by atoms with Gasteiger partial charge in [-0.1, -0.05) is 0 Å². The van der Waals surface area contributed by atoms with Gasteiger partial charge in [-0.15, -0.1) is 0 Å². The minimum atomic E-state index is -3.16. The van der Waals surface area contributed by atoms with Crippen LogP contribution in [0.5, 0.6) is 0 Å². The van der Waals surface area contributed by atoms with Gasteiger partial charge in [-0.05, 0) is 18.6 Å². The molecule has 0 aliphatic carbocycles. The Balaban J connectivity index is 2.11. The molecule has 2 aliphatic rings. The Bertz CT molecular complexity index is 500. The van der Waals surface area contributed by atoms with E-state index < -0.39 is 28.4 Å². The lowest BCUT2D eigenvalue weighted by Crippen LogP contribution is -2.51. The third-order valence-corrected chi connectivity index (χ3v) is 6.49. The predicted octanol–water partition coefficient (Wildman–Crippen LogP) is 0.119. The summed E-state index contributed by atoms with van der Waals surface area (Å²) in [6.07, 6.45) is 1.20. The van der Waals surface area contributed by atoms with Crippen LogP contribution in [-0.4, -0.2) is 84.0 Å². The highest BCUT2D eigenvalue weighted by Gasteiger charge is 2.37. The maximum atomic E-state index is 12.6. The van der Waals surface area contributed by atoms with Gasteiger partial charge in [-0.25, -0.2) is 13.2 Å². The Kier molecular flexibility index (Phi) is 5.37. The SMILES string of the molecule is O=C(O)CN(C(=O)N1CCCSCC1)C1CCS(=O)(=O)C1. The number of nitrogens with zero attached hydrogens (tertiary/aromatic N) is 2. The fourth-order valence-corrected chi connectivity index (χ4v) is 5.26. The zero-order valence-electron chi connectivity index (χ0n) is 11.7. The average molecular weight is 336 g/mol. The molecule has 0 saturated carbocycles. The van der Waals surface area contributed by atoms with Crippen LogP contribution in [0.15, 0.2) is 0 Å². The third-order valence-electron chi connectivity index (χ3n) is 3.69. The Morgan fingerprint density at radius 1 is 1.29 bits per heavy atom. The molecule has 21 heavy (non-hydrogen) atoms. The molecule has 0 radical (unpaired) electrons. The van der Waals surface area contributed by atoms with Gasteiger partial charge in [0, 0.05) is 24.9 Å². The van der Waals surface area contributed by atoms with Crippen molar-refractivity contribution in [2.75, 3.05) is 42.6 Å². The summed E-state index contributed by atoms with van der Waals surface area (Å²) in [5.74, 6) is 0.596. The summed E-state index contributed by atoms with van der Waals surface area (Å²) in [5, 5.41) is 9.01. The van der Waals surface area contributed by atoms with Crippen LogP contribution in [0.3, 0.4) is 0 Å². The number of carboxylic acids is 1. The topological polar surface area (TPSA) is 95.0 Å². The number of hydrogen-bond donors (Lipinski definition) is 1. The smallest absolute Gasteiger partial charge is 0.323 e. The summed E-state index contributed by atoms with van der Waals surface area (Å²) in [7, 11) is -3.16. The molecule has 0 spiro atoms. The van der Waals surface area contributed by atoms with Crippen LogP contribution in [0.2, 0.25) is 0 Å². The minimum absolute atomic E-state index is 0.0247. The van der Waals surface area contributed by atoms with Gasteiger partial charge >= 0.3 is 12.0 Å². The second kappa shape index (κ2) is 6.87. The van der Waals surface area contributed by atoms with Gasteiger partial charge < -0.3 is 14.9 Å². The molecule has 9 heteroatoms. The van der Waals surface area contributed by atoms with Crippen molar-refractivity contribution in [3.8, 4) is 0 Å². The minimum Gasteiger partial charge on any atom is -0.480 e. The van der Waals surface area contributed by atoms with Gasteiger partial charge in [0.1, 0.15) is 6.54 Å². The third kappa shape index (κ3) is 4.50. The molecule has 2 saturated heterocycles. The number of carbonyl (C=O) groups is 2. The molecule has 0 aromatic heterocycles. The van der Waals surface area contributed by atoms with Crippen LogP contribution in [0, 0.1) is 0 Å². The molecule has 0 aromatic rings. The first kappa shape index (κ1) is 16.4. The summed E-state index contributed by atoms with van der Waals surface area (Å²) in [6.45, 7) is 0.739. The number of amides is 2. The second-order valence-corrected chi connectivity index (χ2v) is 8.77. The predicted molar refractivity (Wildman–Crippen MR) is 80.3 cm³/mol. The Morgan fingerprint density at radius 3 is 2.67 bits per heavy atom. The first-order valence-electron chi connectivity index (χ1n) is 6.94. The lowest BCUT2D eigenvalue weighted by atomic mass is 10.2. The molecule has 1 N–H and O–H groups in total. The van der Waals surface area contributed by atoms with Gasteiger partial charge in [0.25, 0.3) is 0 Å². The highest BCUT2D eigenvalue weighted by atomic mass is 32.2. The average Bonchev–Trinajstić information content (AvgIpc) is 2.64. The summed E-state index contributed by atoms with van der Waals surface area (Å²) >= 11 is 1.77. The van der Waals surface area contributed by atoms with E-state index in [0.717, 1.165) is 17.9 Å². The van der Waals surface area contributed by atoms with E-state index in [9.17, 15) is 18.0 Å². The van der Waals surface area contributed by atoms with Crippen molar-refractivity contribution in [2.24, 2.45) is 0 Å². The van der Waals surface area contributed by atoms with E-state index in [4.69, 9.17) is 5.11 Å². The van der Waals surface area contributed by atoms with Crippen LogP contribution in [0.4, 0.5) is 4.79 Å². The van der Waals surface area contributed by atoms with Crippen molar-refractivity contribution in [3.05, 3.63) is 0 Å². The zero-order valence-corrected chi connectivity index (χ0v) is 13.4. The van der Waals surface area contributed by atoms with Gasteiger partial charge in [-0.3, -0.25) is 4.79 Å². The van der Waals surface area contributed by atoms with E-state index in [0.29, 0.717) is 19.5 Å². The molecule has 2 fully saturated rings. The summed E-state index contributed by atoms with van der Waals surface area (Å²) < 4.78 is 23.2. The molecule has 120 valence electrons. The van der Waals surface area contributed by atoms with E-state index in [-0.39, 0.29) is 17.5 Å². The normalized spacial score (nSPS) is 25.3. The number of thioether (sulfide) groups is 1. The van der Waals surface area contributed by atoms with E-state index >= 15 is 0 Å². The van der Waals surface area contributed by atoms with Gasteiger partial charge in [-0.2, -0.15) is 11.8 Å². The number of urea groups is 1. The van der Waals surface area contributed by atoms with Crippen molar-refractivity contribution in [2.45, 2.75) is 18.9 Å². The highest BCUT2D eigenvalue weighted by molar-refractivity contribution is 7.99. The molecular formula is C12H20N2O5S2. The van der Waals surface area contributed by atoms with E-state index in [1.807, 2.05) is 0 Å². The van der Waals surface area contributed by atoms with Crippen molar-refractivity contribution in [3.63, 3.8) is 0 Å². The summed E-state index contributed by atoms with van der Waals surface area (Å²) in [5.41, 5.74) is 0. The lowest BCUT2D eigenvalue weighted by Gasteiger charge is -2.32. The van der Waals surface area contributed by atoms with Crippen molar-refractivity contribution >= 4 is 33.6 Å². The van der Waals surface area contributed by atoms with Crippen molar-refractivity contribution in [1.82, 2.24) is 9.80 Å². The standard InChI is InChI=1S/C12H20N2O5S2/c15-11(16)8-14(10-2-7-21(18,19)9-10)12(17)13-3-1-5-20-6-4-13/h10H,1-9H2,(H,15,16). The Labute approximate surface area is 128 Å². The molecule has 1 unspecified atom stereocenters. The molecule has 2 amide bonds. The maximum Gasteiger partial charge on any atom is 0.323 e. The van der Waals surface area contributed by atoms with Crippen LogP contribution in [0.25, 0.3) is 0 Å². The first-order valence-corrected chi connectivity index (χ1v) is 9.92. The van der Waals surface area contributed by atoms with Crippen LogP contribution in [-0.2, 0) is 14.6 Å². The van der Waals surface area contributed by atoms with Crippen molar-refractivity contribution < 1.29 is 23.1 Å². The van der Waals surface area contributed by atoms with Gasteiger partial charge in [0.15, 0.2) is 9.84 Å². The Morgan fingerprint density at radius 2 is 2.05 bits per heavy atom. The number of carbonyl (C=O) groups excluding carboxylic acids is 1. The molecule has 2 rings (SSSR count). The molecule has 1 atom stereocenters. The molecule has 0 bridgehead atoms. The molecule has 0 aromatic carbocycles. The number of hydrogen-bond acceptors (Lipinski definition) is 5. The monoisotopic (exact) mass is 336 g/mol. The van der Waals surface area contributed by atoms with Crippen LogP contribution < -0.4 is 0 Å². The van der Waals surface area contributed by atoms with E-state index in [1.54, 1.807) is 16.7 Å². The fourth-order valence-electron chi connectivity index (χ4n) is 2.64. The number of aliphatic carboxylic acids is 1. The quantitative estimate of drug-likeness (QED) is 0.786. The summed E-state index contributed by atoms with van der Waals surface area (Å²) in [4.78, 5) is 26.5. The molecule has 2 aliphatic heterocycles. The van der Waals surface area contributed by atoms with E-state index in [1.165, 1.54) is 4.90 Å². The number of rotatable bonds is 3. The van der Waals surface area contributed by atoms with Crippen LogP contribution in [0.1, 0.15) is 12.8 Å². The Hall–Kier alpha value is -0.960. The van der Waals surface area contributed by atoms with Gasteiger partial charge in [0.2, 0.25) is 0 Å². The van der Waals surface area contributed by atoms with E-state index in [2.05, 4.69) is 0 Å².